The molecule has 0 spiro atoms. The topological polar surface area (TPSA) is 134 Å². The van der Waals surface area contributed by atoms with E-state index in [1.165, 1.54) is 44.4 Å². The van der Waals surface area contributed by atoms with Crippen LogP contribution in [-0.4, -0.2) is 30.0 Å². The number of nitrogens with zero attached hydrogens (tertiary/aromatic N) is 1. The van der Waals surface area contributed by atoms with E-state index in [9.17, 15) is 19.7 Å². The number of nitro benzene ring substituents is 1. The molecular weight excluding hydrogens is 378 g/mol. The first-order chi connectivity index (χ1) is 12.7. The van der Waals surface area contributed by atoms with Gasteiger partial charge in [-0.1, -0.05) is 11.6 Å². The van der Waals surface area contributed by atoms with Crippen molar-refractivity contribution >= 4 is 40.5 Å². The lowest BCUT2D eigenvalue weighted by atomic mass is 10.2. The van der Waals surface area contributed by atoms with Crippen LogP contribution in [0.1, 0.15) is 17.3 Å². The predicted octanol–water partition coefficient (Wildman–Crippen LogP) is 3.02. The fraction of sp³-hybridized carbons (Fsp3) is 0.176. The number of ether oxygens (including phenoxy) is 2. The number of hydrogen-bond acceptors (Lipinski definition) is 7. The number of carbonyl (C=O) groups is 2. The highest BCUT2D eigenvalue weighted by Crippen LogP contribution is 2.29. The molecule has 0 aliphatic rings. The number of halogens is 1. The standard InChI is InChI=1S/C17H16ClN3O6/c1-9(27-17(23)10-3-5-12(18)13(19)7-10)16(22)20-14-8-11(21(24)25)4-6-15(14)26-2/h3-9H,19H2,1-2H3,(H,20,22)/t9-/m0/s1. The third-order valence-corrected chi connectivity index (χ3v) is 3.88. The maximum Gasteiger partial charge on any atom is 0.338 e. The quantitative estimate of drug-likeness (QED) is 0.333. The van der Waals surface area contributed by atoms with E-state index in [0.717, 1.165) is 6.07 Å². The van der Waals surface area contributed by atoms with Crippen LogP contribution in [0.5, 0.6) is 5.75 Å². The van der Waals surface area contributed by atoms with Crippen LogP contribution in [0.15, 0.2) is 36.4 Å². The van der Waals surface area contributed by atoms with Gasteiger partial charge in [-0.2, -0.15) is 0 Å². The van der Waals surface area contributed by atoms with Gasteiger partial charge in [-0.25, -0.2) is 4.79 Å². The van der Waals surface area contributed by atoms with Gasteiger partial charge in [0.05, 0.1) is 34.0 Å². The molecule has 2 aromatic rings. The van der Waals surface area contributed by atoms with Crippen molar-refractivity contribution in [2.75, 3.05) is 18.2 Å². The van der Waals surface area contributed by atoms with Crippen molar-refractivity contribution in [3.63, 3.8) is 0 Å². The van der Waals surface area contributed by atoms with Crippen LogP contribution in [0, 0.1) is 10.1 Å². The summed E-state index contributed by atoms with van der Waals surface area (Å²) in [4.78, 5) is 34.7. The molecule has 0 unspecified atom stereocenters. The lowest BCUT2D eigenvalue weighted by molar-refractivity contribution is -0.384. The summed E-state index contributed by atoms with van der Waals surface area (Å²) in [6.45, 7) is 1.36. The highest BCUT2D eigenvalue weighted by Gasteiger charge is 2.22. The van der Waals surface area contributed by atoms with Crippen LogP contribution in [-0.2, 0) is 9.53 Å². The molecule has 0 radical (unpaired) electrons. The zero-order valence-corrected chi connectivity index (χ0v) is 15.1. The molecule has 0 saturated heterocycles. The first-order valence-electron chi connectivity index (χ1n) is 7.62. The van der Waals surface area contributed by atoms with Gasteiger partial charge in [-0.3, -0.25) is 14.9 Å². The lowest BCUT2D eigenvalue weighted by Crippen LogP contribution is -2.30. The lowest BCUT2D eigenvalue weighted by Gasteiger charge is -2.15. The number of methoxy groups -OCH3 is 1. The molecule has 1 atom stereocenters. The number of rotatable bonds is 6. The maximum atomic E-state index is 12.3. The number of esters is 1. The minimum atomic E-state index is -1.18. The van der Waals surface area contributed by atoms with E-state index in [1.54, 1.807) is 0 Å². The Hall–Kier alpha value is -3.33. The van der Waals surface area contributed by atoms with Crippen LogP contribution in [0.3, 0.4) is 0 Å². The molecule has 0 heterocycles. The molecule has 9 nitrogen and oxygen atoms in total. The Bertz CT molecular complexity index is 902. The average Bonchev–Trinajstić information content (AvgIpc) is 2.63. The Morgan fingerprint density at radius 1 is 1.26 bits per heavy atom. The number of hydrogen-bond donors (Lipinski definition) is 2. The summed E-state index contributed by atoms with van der Waals surface area (Å²) in [7, 11) is 1.35. The number of nitro groups is 1. The normalized spacial score (nSPS) is 11.4. The van der Waals surface area contributed by atoms with Gasteiger partial charge in [0.15, 0.2) is 6.10 Å². The molecule has 0 aliphatic heterocycles. The smallest absolute Gasteiger partial charge is 0.338 e. The third-order valence-electron chi connectivity index (χ3n) is 3.54. The second-order valence-corrected chi connectivity index (χ2v) is 5.82. The molecule has 2 rings (SSSR count). The Morgan fingerprint density at radius 2 is 1.96 bits per heavy atom. The summed E-state index contributed by atoms with van der Waals surface area (Å²) < 4.78 is 10.2. The van der Waals surface area contributed by atoms with Gasteiger partial charge in [0, 0.05) is 12.1 Å². The van der Waals surface area contributed by atoms with E-state index < -0.39 is 22.9 Å². The van der Waals surface area contributed by atoms with Gasteiger partial charge in [-0.05, 0) is 31.2 Å². The predicted molar refractivity (Wildman–Crippen MR) is 99.0 cm³/mol. The highest BCUT2D eigenvalue weighted by atomic mass is 35.5. The van der Waals surface area contributed by atoms with Gasteiger partial charge < -0.3 is 20.5 Å². The largest absolute Gasteiger partial charge is 0.495 e. The van der Waals surface area contributed by atoms with Crippen molar-refractivity contribution in [2.24, 2.45) is 0 Å². The number of nitrogens with one attached hydrogen (secondary N) is 1. The third kappa shape index (κ3) is 4.85. The summed E-state index contributed by atoms with van der Waals surface area (Å²) >= 11 is 5.79. The first kappa shape index (κ1) is 20.0. The van der Waals surface area contributed by atoms with Crippen molar-refractivity contribution in [3.05, 3.63) is 57.1 Å². The number of carbonyl (C=O) groups excluding carboxylic acids is 2. The molecule has 142 valence electrons. The molecule has 0 aromatic heterocycles. The minimum absolute atomic E-state index is 0.0790. The molecule has 1 amide bonds. The summed E-state index contributed by atoms with van der Waals surface area (Å²) in [6.07, 6.45) is -1.18. The minimum Gasteiger partial charge on any atom is -0.495 e. The average molecular weight is 394 g/mol. The molecule has 3 N–H and O–H groups in total. The second kappa shape index (κ2) is 8.37. The summed E-state index contributed by atoms with van der Waals surface area (Å²) in [6, 6.07) is 7.91. The number of nitrogens with two attached hydrogens (primary N) is 1. The zero-order chi connectivity index (χ0) is 20.1. The Kier molecular flexibility index (Phi) is 6.19. The fourth-order valence-corrected chi connectivity index (χ4v) is 2.21. The fourth-order valence-electron chi connectivity index (χ4n) is 2.09. The van der Waals surface area contributed by atoms with E-state index in [4.69, 9.17) is 26.8 Å². The van der Waals surface area contributed by atoms with Gasteiger partial charge in [0.25, 0.3) is 11.6 Å². The van der Waals surface area contributed by atoms with Crippen LogP contribution in [0.4, 0.5) is 17.1 Å². The number of non-ortho nitro benzene ring substituents is 1. The SMILES string of the molecule is COc1ccc([N+](=O)[O-])cc1NC(=O)[C@H](C)OC(=O)c1ccc(Cl)c(N)c1. The molecular formula is C17H16ClN3O6. The van der Waals surface area contributed by atoms with Crippen molar-refractivity contribution in [3.8, 4) is 5.75 Å². The molecule has 0 saturated carbocycles. The van der Waals surface area contributed by atoms with E-state index in [1.807, 2.05) is 0 Å². The van der Waals surface area contributed by atoms with Crippen LogP contribution in [0.2, 0.25) is 5.02 Å². The summed E-state index contributed by atoms with van der Waals surface area (Å²) in [5, 5.41) is 13.6. The Labute approximate surface area is 159 Å². The summed E-state index contributed by atoms with van der Waals surface area (Å²) in [5.74, 6) is -1.24. The van der Waals surface area contributed by atoms with Crippen LogP contribution in [0.25, 0.3) is 0 Å². The number of anilines is 2. The van der Waals surface area contributed by atoms with Crippen molar-refractivity contribution in [2.45, 2.75) is 13.0 Å². The molecule has 0 fully saturated rings. The van der Waals surface area contributed by atoms with E-state index >= 15 is 0 Å². The van der Waals surface area contributed by atoms with E-state index in [2.05, 4.69) is 5.32 Å². The number of nitrogen functional groups attached to an aromatic ring is 1. The molecule has 27 heavy (non-hydrogen) atoms. The molecule has 10 heteroatoms. The molecule has 0 aliphatic carbocycles. The van der Waals surface area contributed by atoms with Gasteiger partial charge >= 0.3 is 5.97 Å². The van der Waals surface area contributed by atoms with Crippen molar-refractivity contribution in [1.29, 1.82) is 0 Å². The van der Waals surface area contributed by atoms with E-state index in [-0.39, 0.29) is 33.4 Å². The number of amides is 1. The van der Waals surface area contributed by atoms with Crippen LogP contribution < -0.4 is 15.8 Å². The Morgan fingerprint density at radius 3 is 2.56 bits per heavy atom. The maximum absolute atomic E-state index is 12.3. The van der Waals surface area contributed by atoms with Crippen molar-refractivity contribution < 1.29 is 24.0 Å². The Balaban J connectivity index is 2.11. The van der Waals surface area contributed by atoms with Gasteiger partial charge in [-0.15, -0.1) is 0 Å². The van der Waals surface area contributed by atoms with E-state index in [0.29, 0.717) is 0 Å². The second-order valence-electron chi connectivity index (χ2n) is 5.41. The van der Waals surface area contributed by atoms with Gasteiger partial charge in [0.2, 0.25) is 0 Å². The van der Waals surface area contributed by atoms with Gasteiger partial charge in [0.1, 0.15) is 5.75 Å². The van der Waals surface area contributed by atoms with Crippen molar-refractivity contribution in [1.82, 2.24) is 0 Å². The highest BCUT2D eigenvalue weighted by molar-refractivity contribution is 6.33. The zero-order valence-electron chi connectivity index (χ0n) is 14.4. The first-order valence-corrected chi connectivity index (χ1v) is 8.00. The number of benzene rings is 2. The monoisotopic (exact) mass is 393 g/mol. The summed E-state index contributed by atoms with van der Waals surface area (Å²) in [5.41, 5.74) is 5.81. The molecule has 0 bridgehead atoms. The van der Waals surface area contributed by atoms with Crippen LogP contribution >= 0.6 is 11.6 Å². The molecule has 2 aromatic carbocycles.